The van der Waals surface area contributed by atoms with Crippen molar-refractivity contribution >= 4 is 60.4 Å². The van der Waals surface area contributed by atoms with Crippen LogP contribution in [0.2, 0.25) is 0 Å². The largest absolute Gasteiger partial charge is 0.487 e. The van der Waals surface area contributed by atoms with Gasteiger partial charge in [-0.15, -0.1) is 0 Å². The van der Waals surface area contributed by atoms with Crippen LogP contribution in [-0.2, 0) is 6.61 Å². The lowest BCUT2D eigenvalue weighted by Gasteiger charge is -2.13. The van der Waals surface area contributed by atoms with Crippen LogP contribution in [0, 0.1) is 0 Å². The van der Waals surface area contributed by atoms with Crippen LogP contribution in [0.25, 0.3) is 10.8 Å². The van der Waals surface area contributed by atoms with Crippen LogP contribution in [0.4, 0.5) is 5.69 Å². The molecule has 0 aromatic heterocycles. The van der Waals surface area contributed by atoms with Gasteiger partial charge in [0.1, 0.15) is 12.4 Å². The summed E-state index contributed by atoms with van der Waals surface area (Å²) in [4.78, 5) is 12.2. The first-order valence-corrected chi connectivity index (χ1v) is 11.4. The second kappa shape index (κ2) is 9.97. The Labute approximate surface area is 202 Å². The lowest BCUT2D eigenvalue weighted by atomic mass is 10.1. The minimum atomic E-state index is -0.368. The minimum Gasteiger partial charge on any atom is -0.487 e. The first-order valence-electron chi connectivity index (χ1n) is 9.79. The molecule has 0 spiro atoms. The molecular formula is C25H19Br2N3O2. The van der Waals surface area contributed by atoms with Crippen LogP contribution in [0.15, 0.2) is 92.9 Å². The number of nitrogen functional groups attached to an aromatic ring is 1. The van der Waals surface area contributed by atoms with Gasteiger partial charge in [0.2, 0.25) is 0 Å². The van der Waals surface area contributed by atoms with Gasteiger partial charge >= 0.3 is 0 Å². The molecule has 5 nitrogen and oxygen atoms in total. The summed E-state index contributed by atoms with van der Waals surface area (Å²) in [5.74, 6) is 0.323. The van der Waals surface area contributed by atoms with Crippen LogP contribution in [0.5, 0.6) is 5.75 Å². The number of amides is 1. The van der Waals surface area contributed by atoms with Crippen molar-refractivity contribution in [2.75, 3.05) is 5.73 Å². The molecule has 0 aliphatic carbocycles. The molecule has 0 saturated heterocycles. The summed E-state index contributed by atoms with van der Waals surface area (Å²) in [5, 5.41) is 6.38. The van der Waals surface area contributed by atoms with E-state index in [2.05, 4.69) is 66.7 Å². The molecule has 32 heavy (non-hydrogen) atoms. The van der Waals surface area contributed by atoms with Crippen LogP contribution < -0.4 is 15.9 Å². The Bertz CT molecular complexity index is 1290. The number of hydrogen-bond acceptors (Lipinski definition) is 4. The predicted molar refractivity (Wildman–Crippen MR) is 136 cm³/mol. The van der Waals surface area contributed by atoms with E-state index >= 15 is 0 Å². The summed E-state index contributed by atoms with van der Waals surface area (Å²) in [5.41, 5.74) is 11.0. The fourth-order valence-corrected chi connectivity index (χ4v) is 4.74. The number of nitrogens with zero attached hydrogens (tertiary/aromatic N) is 1. The number of rotatable bonds is 6. The number of nitrogens with two attached hydrogens (primary N) is 1. The SMILES string of the molecule is Nc1ccccc1C(=O)N/N=C\c1cc(Br)c(OCc2cccc3ccccc23)c(Br)c1. The van der Waals surface area contributed by atoms with Crippen molar-refractivity contribution in [2.24, 2.45) is 5.10 Å². The molecule has 0 fully saturated rings. The Morgan fingerprint density at radius 2 is 1.66 bits per heavy atom. The molecule has 0 saturated carbocycles. The van der Waals surface area contributed by atoms with Crippen molar-refractivity contribution in [2.45, 2.75) is 6.61 Å². The number of fused-ring (bicyclic) bond motifs is 1. The van der Waals surface area contributed by atoms with Gasteiger partial charge in [0.15, 0.2) is 0 Å². The lowest BCUT2D eigenvalue weighted by molar-refractivity contribution is 0.0956. The van der Waals surface area contributed by atoms with Gasteiger partial charge in [-0.1, -0.05) is 54.6 Å². The van der Waals surface area contributed by atoms with Gasteiger partial charge in [0.05, 0.1) is 20.7 Å². The monoisotopic (exact) mass is 551 g/mol. The average molecular weight is 553 g/mol. The zero-order chi connectivity index (χ0) is 22.5. The van der Waals surface area contributed by atoms with Crippen LogP contribution in [0.1, 0.15) is 21.5 Å². The summed E-state index contributed by atoms with van der Waals surface area (Å²) in [6.07, 6.45) is 1.56. The quantitative estimate of drug-likeness (QED) is 0.168. The number of para-hydroxylation sites is 1. The van der Waals surface area contributed by atoms with E-state index in [1.807, 2.05) is 30.3 Å². The molecule has 0 aliphatic heterocycles. The molecule has 4 aromatic rings. The highest BCUT2D eigenvalue weighted by molar-refractivity contribution is 9.11. The van der Waals surface area contributed by atoms with Crippen molar-refractivity contribution in [1.82, 2.24) is 5.43 Å². The van der Waals surface area contributed by atoms with E-state index in [4.69, 9.17) is 10.5 Å². The maximum Gasteiger partial charge on any atom is 0.273 e. The molecular weight excluding hydrogens is 534 g/mol. The van der Waals surface area contributed by atoms with Gasteiger partial charge in [-0.05, 0) is 78.0 Å². The third-order valence-corrected chi connectivity index (χ3v) is 6.04. The van der Waals surface area contributed by atoms with Crippen LogP contribution in [0.3, 0.4) is 0 Å². The molecule has 7 heteroatoms. The maximum absolute atomic E-state index is 12.2. The number of anilines is 1. The highest BCUT2D eigenvalue weighted by atomic mass is 79.9. The second-order valence-corrected chi connectivity index (χ2v) is 8.74. The Morgan fingerprint density at radius 3 is 2.44 bits per heavy atom. The normalized spacial score (nSPS) is 11.1. The van der Waals surface area contributed by atoms with E-state index in [-0.39, 0.29) is 5.91 Å². The van der Waals surface area contributed by atoms with Gasteiger partial charge in [-0.2, -0.15) is 5.10 Å². The smallest absolute Gasteiger partial charge is 0.273 e. The number of carbonyl (C=O) groups is 1. The van der Waals surface area contributed by atoms with Crippen molar-refractivity contribution in [3.8, 4) is 5.75 Å². The fourth-order valence-electron chi connectivity index (χ4n) is 3.29. The summed E-state index contributed by atoms with van der Waals surface area (Å²) in [6.45, 7) is 0.431. The minimum absolute atomic E-state index is 0.368. The summed E-state index contributed by atoms with van der Waals surface area (Å²) < 4.78 is 7.65. The zero-order valence-electron chi connectivity index (χ0n) is 16.9. The van der Waals surface area contributed by atoms with Gasteiger partial charge in [-0.25, -0.2) is 5.43 Å². The van der Waals surface area contributed by atoms with E-state index < -0.39 is 0 Å². The van der Waals surface area contributed by atoms with Crippen LogP contribution in [-0.4, -0.2) is 12.1 Å². The highest BCUT2D eigenvalue weighted by Gasteiger charge is 2.11. The summed E-state index contributed by atoms with van der Waals surface area (Å²) in [7, 11) is 0. The number of nitrogens with one attached hydrogen (secondary N) is 1. The molecule has 1 amide bonds. The molecule has 0 unspecified atom stereocenters. The number of benzene rings is 4. The topological polar surface area (TPSA) is 76.7 Å². The van der Waals surface area contributed by atoms with Crippen molar-refractivity contribution in [3.05, 3.63) is 104 Å². The van der Waals surface area contributed by atoms with Crippen molar-refractivity contribution in [3.63, 3.8) is 0 Å². The predicted octanol–water partition coefficient (Wildman–Crippen LogP) is 6.29. The average Bonchev–Trinajstić information content (AvgIpc) is 2.79. The maximum atomic E-state index is 12.2. The summed E-state index contributed by atoms with van der Waals surface area (Å²) >= 11 is 7.14. The lowest BCUT2D eigenvalue weighted by Crippen LogP contribution is -2.19. The molecule has 0 radical (unpaired) electrons. The Morgan fingerprint density at radius 1 is 0.969 bits per heavy atom. The number of halogens is 2. The molecule has 0 atom stereocenters. The van der Waals surface area contributed by atoms with Gasteiger partial charge in [-0.3, -0.25) is 4.79 Å². The third-order valence-electron chi connectivity index (χ3n) is 4.86. The van der Waals surface area contributed by atoms with Crippen LogP contribution >= 0.6 is 31.9 Å². The van der Waals surface area contributed by atoms with E-state index in [9.17, 15) is 4.79 Å². The van der Waals surface area contributed by atoms with Gasteiger partial charge < -0.3 is 10.5 Å². The van der Waals surface area contributed by atoms with Crippen molar-refractivity contribution in [1.29, 1.82) is 0 Å². The Balaban J connectivity index is 1.45. The fraction of sp³-hybridized carbons (Fsp3) is 0.0400. The first kappa shape index (κ1) is 22.0. The Kier molecular flexibility index (Phi) is 6.87. The number of hydrogen-bond donors (Lipinski definition) is 2. The molecule has 0 heterocycles. The Hall–Kier alpha value is -3.16. The number of hydrazone groups is 1. The third kappa shape index (κ3) is 5.00. The number of carbonyl (C=O) groups excluding carboxylic acids is 1. The second-order valence-electron chi connectivity index (χ2n) is 7.03. The van der Waals surface area contributed by atoms with Gasteiger partial charge in [0.25, 0.3) is 5.91 Å². The highest BCUT2D eigenvalue weighted by Crippen LogP contribution is 2.35. The number of ether oxygens (including phenoxy) is 1. The van der Waals surface area contributed by atoms with E-state index in [0.29, 0.717) is 23.6 Å². The molecule has 0 bridgehead atoms. The van der Waals surface area contributed by atoms with Crippen molar-refractivity contribution < 1.29 is 9.53 Å². The van der Waals surface area contributed by atoms with E-state index in [1.54, 1.807) is 30.5 Å². The molecule has 3 N–H and O–H groups in total. The zero-order valence-corrected chi connectivity index (χ0v) is 20.1. The molecule has 160 valence electrons. The molecule has 0 aliphatic rings. The first-order chi connectivity index (χ1) is 15.5. The van der Waals surface area contributed by atoms with Gasteiger partial charge in [0, 0.05) is 5.69 Å². The summed E-state index contributed by atoms with van der Waals surface area (Å²) in [6, 6.07) is 25.0. The molecule has 4 rings (SSSR count). The van der Waals surface area contributed by atoms with E-state index in [0.717, 1.165) is 20.1 Å². The van der Waals surface area contributed by atoms with E-state index in [1.165, 1.54) is 10.8 Å². The molecule has 4 aromatic carbocycles. The standard InChI is InChI=1S/C25H19Br2N3O2/c26-21-12-16(14-29-30-25(31)20-10-3-4-11-23(20)28)13-22(27)24(21)32-15-18-8-5-7-17-6-1-2-9-19(17)18/h1-14H,15,28H2,(H,30,31)/b29-14-.